The molecule has 0 bridgehead atoms. The Labute approximate surface area is 86.6 Å². The molecular formula is C10H9ClO3. The molecule has 0 aliphatic heterocycles. The molecular weight excluding hydrogens is 204 g/mol. The van der Waals surface area contributed by atoms with E-state index in [-0.39, 0.29) is 5.75 Å². The van der Waals surface area contributed by atoms with Crippen LogP contribution in [-0.4, -0.2) is 18.2 Å². The van der Waals surface area contributed by atoms with Crippen molar-refractivity contribution in [3.8, 4) is 5.75 Å². The fourth-order valence-electron chi connectivity index (χ4n) is 0.885. The third-order valence-corrected chi connectivity index (χ3v) is 1.82. The predicted octanol–water partition coefficient (Wildman–Crippen LogP) is 2.23. The summed E-state index contributed by atoms with van der Waals surface area (Å²) in [6, 6.07) is 4.57. The maximum Gasteiger partial charge on any atom is 0.330 e. The van der Waals surface area contributed by atoms with E-state index in [0.29, 0.717) is 10.6 Å². The number of benzene rings is 1. The van der Waals surface area contributed by atoms with E-state index in [2.05, 4.69) is 4.74 Å². The number of rotatable bonds is 2. The zero-order chi connectivity index (χ0) is 10.6. The van der Waals surface area contributed by atoms with Crippen LogP contribution >= 0.6 is 11.6 Å². The molecule has 0 spiro atoms. The first-order valence-electron chi connectivity index (χ1n) is 3.88. The van der Waals surface area contributed by atoms with Gasteiger partial charge in [-0.1, -0.05) is 11.6 Å². The number of aromatic hydroxyl groups is 1. The maximum atomic E-state index is 10.8. The minimum Gasteiger partial charge on any atom is -0.507 e. The zero-order valence-electron chi connectivity index (χ0n) is 7.53. The number of halogens is 1. The van der Waals surface area contributed by atoms with Crippen molar-refractivity contribution in [2.24, 2.45) is 0 Å². The van der Waals surface area contributed by atoms with Gasteiger partial charge in [0.2, 0.25) is 0 Å². The maximum absolute atomic E-state index is 10.8. The van der Waals surface area contributed by atoms with E-state index in [1.165, 1.54) is 25.3 Å². The fraction of sp³-hybridized carbons (Fsp3) is 0.100. The van der Waals surface area contributed by atoms with Crippen molar-refractivity contribution in [3.05, 3.63) is 34.9 Å². The molecule has 0 aliphatic rings. The molecule has 0 heterocycles. The van der Waals surface area contributed by atoms with Gasteiger partial charge in [0.15, 0.2) is 0 Å². The topological polar surface area (TPSA) is 46.5 Å². The number of carbonyl (C=O) groups excluding carboxylic acids is 1. The minimum absolute atomic E-state index is 0.0644. The van der Waals surface area contributed by atoms with Gasteiger partial charge in [0.25, 0.3) is 0 Å². The van der Waals surface area contributed by atoms with E-state index in [1.807, 2.05) is 0 Å². The van der Waals surface area contributed by atoms with E-state index in [9.17, 15) is 9.90 Å². The Morgan fingerprint density at radius 2 is 2.29 bits per heavy atom. The summed E-state index contributed by atoms with van der Waals surface area (Å²) in [4.78, 5) is 10.8. The number of methoxy groups -OCH3 is 1. The summed E-state index contributed by atoms with van der Waals surface area (Å²) >= 11 is 5.70. The lowest BCUT2D eigenvalue weighted by Crippen LogP contribution is -1.93. The molecule has 1 N–H and O–H groups in total. The van der Waals surface area contributed by atoms with Gasteiger partial charge in [-0.15, -0.1) is 0 Å². The number of ether oxygens (including phenoxy) is 1. The van der Waals surface area contributed by atoms with Crippen molar-refractivity contribution in [1.82, 2.24) is 0 Å². The summed E-state index contributed by atoms with van der Waals surface area (Å²) in [6.45, 7) is 0. The van der Waals surface area contributed by atoms with Crippen LogP contribution in [0, 0.1) is 0 Å². The van der Waals surface area contributed by atoms with Crippen molar-refractivity contribution in [1.29, 1.82) is 0 Å². The molecule has 0 radical (unpaired) electrons. The average Bonchev–Trinajstić information content (AvgIpc) is 2.19. The van der Waals surface area contributed by atoms with Gasteiger partial charge in [0.05, 0.1) is 7.11 Å². The summed E-state index contributed by atoms with van der Waals surface area (Å²) < 4.78 is 4.40. The molecule has 0 unspecified atom stereocenters. The zero-order valence-corrected chi connectivity index (χ0v) is 8.28. The Balaban J connectivity index is 2.90. The van der Waals surface area contributed by atoms with Crippen molar-refractivity contribution in [3.63, 3.8) is 0 Å². The Kier molecular flexibility index (Phi) is 3.54. The SMILES string of the molecule is COC(=O)C=Cc1cc(Cl)ccc1O. The first kappa shape index (κ1) is 10.6. The van der Waals surface area contributed by atoms with Gasteiger partial charge in [0.1, 0.15) is 5.75 Å². The first-order valence-corrected chi connectivity index (χ1v) is 4.26. The van der Waals surface area contributed by atoms with Gasteiger partial charge in [0, 0.05) is 16.7 Å². The molecule has 0 atom stereocenters. The highest BCUT2D eigenvalue weighted by molar-refractivity contribution is 6.30. The lowest BCUT2D eigenvalue weighted by molar-refractivity contribution is -0.134. The van der Waals surface area contributed by atoms with Gasteiger partial charge < -0.3 is 9.84 Å². The Morgan fingerprint density at radius 1 is 1.57 bits per heavy atom. The normalized spacial score (nSPS) is 10.4. The molecule has 74 valence electrons. The molecule has 1 rings (SSSR count). The van der Waals surface area contributed by atoms with Gasteiger partial charge >= 0.3 is 5.97 Å². The van der Waals surface area contributed by atoms with Crippen LogP contribution in [0.2, 0.25) is 5.02 Å². The van der Waals surface area contributed by atoms with Crippen LogP contribution < -0.4 is 0 Å². The lowest BCUT2D eigenvalue weighted by atomic mass is 10.2. The second kappa shape index (κ2) is 4.67. The highest BCUT2D eigenvalue weighted by atomic mass is 35.5. The summed E-state index contributed by atoms with van der Waals surface area (Å²) in [7, 11) is 1.28. The molecule has 1 aromatic carbocycles. The highest BCUT2D eigenvalue weighted by Gasteiger charge is 1.99. The number of hydrogen-bond acceptors (Lipinski definition) is 3. The molecule has 0 aromatic heterocycles. The van der Waals surface area contributed by atoms with E-state index in [1.54, 1.807) is 12.1 Å². The largest absolute Gasteiger partial charge is 0.507 e. The Morgan fingerprint density at radius 3 is 2.93 bits per heavy atom. The quantitative estimate of drug-likeness (QED) is 0.604. The number of hydrogen-bond donors (Lipinski definition) is 1. The van der Waals surface area contributed by atoms with Crippen LogP contribution in [0.3, 0.4) is 0 Å². The van der Waals surface area contributed by atoms with Crippen LogP contribution in [-0.2, 0) is 9.53 Å². The molecule has 1 aromatic rings. The van der Waals surface area contributed by atoms with Crippen molar-refractivity contribution < 1.29 is 14.6 Å². The summed E-state index contributed by atoms with van der Waals surface area (Å²) in [6.07, 6.45) is 2.65. The van der Waals surface area contributed by atoms with Crippen molar-refractivity contribution >= 4 is 23.6 Å². The smallest absolute Gasteiger partial charge is 0.330 e. The molecule has 0 saturated heterocycles. The number of esters is 1. The van der Waals surface area contributed by atoms with Crippen LogP contribution in [0.15, 0.2) is 24.3 Å². The minimum atomic E-state index is -0.482. The second-order valence-electron chi connectivity index (χ2n) is 2.56. The third kappa shape index (κ3) is 2.78. The molecule has 0 saturated carbocycles. The van der Waals surface area contributed by atoms with Crippen molar-refractivity contribution in [2.75, 3.05) is 7.11 Å². The van der Waals surface area contributed by atoms with Gasteiger partial charge in [-0.3, -0.25) is 0 Å². The molecule has 0 amide bonds. The number of phenols is 1. The highest BCUT2D eigenvalue weighted by Crippen LogP contribution is 2.22. The lowest BCUT2D eigenvalue weighted by Gasteiger charge is -1.98. The summed E-state index contributed by atoms with van der Waals surface area (Å²) in [5.41, 5.74) is 0.475. The van der Waals surface area contributed by atoms with E-state index in [4.69, 9.17) is 11.6 Å². The summed E-state index contributed by atoms with van der Waals surface area (Å²) in [5, 5.41) is 9.85. The van der Waals surface area contributed by atoms with E-state index in [0.717, 1.165) is 0 Å². The molecule has 0 aliphatic carbocycles. The Hall–Kier alpha value is -1.48. The molecule has 0 fully saturated rings. The Bertz CT molecular complexity index is 372. The standard InChI is InChI=1S/C10H9ClO3/c1-14-10(13)5-2-7-6-8(11)3-4-9(7)12/h2-6,12H,1H3. The van der Waals surface area contributed by atoms with E-state index < -0.39 is 5.97 Å². The van der Waals surface area contributed by atoms with Gasteiger partial charge in [-0.05, 0) is 24.3 Å². The number of carbonyl (C=O) groups is 1. The van der Waals surface area contributed by atoms with Crippen LogP contribution in [0.4, 0.5) is 0 Å². The molecule has 3 nitrogen and oxygen atoms in total. The predicted molar refractivity (Wildman–Crippen MR) is 54.2 cm³/mol. The van der Waals surface area contributed by atoms with Crippen LogP contribution in [0.1, 0.15) is 5.56 Å². The van der Waals surface area contributed by atoms with Crippen LogP contribution in [0.5, 0.6) is 5.75 Å². The van der Waals surface area contributed by atoms with Crippen LogP contribution in [0.25, 0.3) is 6.08 Å². The van der Waals surface area contributed by atoms with Crippen molar-refractivity contribution in [2.45, 2.75) is 0 Å². The van der Waals surface area contributed by atoms with Gasteiger partial charge in [-0.25, -0.2) is 4.79 Å². The molecule has 4 heteroatoms. The monoisotopic (exact) mass is 212 g/mol. The van der Waals surface area contributed by atoms with E-state index >= 15 is 0 Å². The average molecular weight is 213 g/mol. The fourth-order valence-corrected chi connectivity index (χ4v) is 1.07. The second-order valence-corrected chi connectivity index (χ2v) is 3.00. The third-order valence-electron chi connectivity index (χ3n) is 1.59. The number of phenolic OH excluding ortho intramolecular Hbond substituents is 1. The van der Waals surface area contributed by atoms with Gasteiger partial charge in [-0.2, -0.15) is 0 Å². The summed E-state index contributed by atoms with van der Waals surface area (Å²) in [5.74, 6) is -0.418. The molecule has 14 heavy (non-hydrogen) atoms. The first-order chi connectivity index (χ1) is 6.63.